The maximum absolute atomic E-state index is 6.01. The minimum absolute atomic E-state index is 0.612. The summed E-state index contributed by atoms with van der Waals surface area (Å²) in [5.74, 6) is 1.44. The molecule has 0 bridgehead atoms. The largest absolute Gasteiger partial charge is 0.497 e. The van der Waals surface area contributed by atoms with Crippen molar-refractivity contribution in [3.8, 4) is 22.6 Å². The number of methoxy groups -OCH3 is 2. The number of aryl methyl sites for hydroxylation is 1. The Hall–Kier alpha value is -2.56. The highest BCUT2D eigenvalue weighted by Gasteiger charge is 2.11. The second-order valence-electron chi connectivity index (χ2n) is 5.01. The van der Waals surface area contributed by atoms with Gasteiger partial charge in [0.25, 0.3) is 0 Å². The van der Waals surface area contributed by atoms with Crippen molar-refractivity contribution in [2.24, 2.45) is 0 Å². The van der Waals surface area contributed by atoms with E-state index in [0.717, 1.165) is 33.8 Å². The Morgan fingerprint density at radius 3 is 2.27 bits per heavy atom. The van der Waals surface area contributed by atoms with Gasteiger partial charge in [0.15, 0.2) is 0 Å². The quantitative estimate of drug-likeness (QED) is 0.695. The number of rotatable bonds is 3. The lowest BCUT2D eigenvalue weighted by Crippen LogP contribution is -2.07. The number of nitrogens with zero attached hydrogens (tertiary/aromatic N) is 2. The van der Waals surface area contributed by atoms with E-state index in [0.29, 0.717) is 11.0 Å². The molecular weight excluding hydrogens is 275 g/mol. The number of hydrogen-bond acceptors (Lipinski definition) is 4. The van der Waals surface area contributed by atoms with Gasteiger partial charge in [0, 0.05) is 17.8 Å². The third-order valence-electron chi connectivity index (χ3n) is 3.51. The van der Waals surface area contributed by atoms with Crippen LogP contribution < -0.4 is 14.9 Å². The highest BCUT2D eigenvalue weighted by molar-refractivity contribution is 6.38. The van der Waals surface area contributed by atoms with Crippen molar-refractivity contribution in [1.82, 2.24) is 9.97 Å². The molecule has 2 aromatic carbocycles. The first-order chi connectivity index (χ1) is 10.6. The second kappa shape index (κ2) is 5.68. The lowest BCUT2D eigenvalue weighted by Gasteiger charge is -2.12. The first-order valence-electron chi connectivity index (χ1n) is 6.87. The summed E-state index contributed by atoms with van der Waals surface area (Å²) in [6, 6.07) is 9.50. The highest BCUT2D eigenvalue weighted by atomic mass is 16.5. The molecule has 4 nitrogen and oxygen atoms in total. The van der Waals surface area contributed by atoms with Gasteiger partial charge in [-0.1, -0.05) is 17.6 Å². The Morgan fingerprint density at radius 2 is 1.64 bits per heavy atom. The molecule has 5 heteroatoms. The molecule has 1 aromatic heterocycles. The molecule has 3 rings (SSSR count). The van der Waals surface area contributed by atoms with Crippen LogP contribution in [0.25, 0.3) is 22.2 Å². The van der Waals surface area contributed by atoms with Crippen LogP contribution in [-0.2, 0) is 0 Å². The second-order valence-corrected chi connectivity index (χ2v) is 5.01. The van der Waals surface area contributed by atoms with Crippen LogP contribution in [-0.4, -0.2) is 32.0 Å². The number of hydrogen-bond donors (Lipinski definition) is 0. The van der Waals surface area contributed by atoms with Gasteiger partial charge < -0.3 is 9.47 Å². The standard InChI is InChI=1S/C17H15BN2O2/c1-10-9-19-17-15(18)5-4-14(16(17)20-10)11-6-12(21-2)8-13(7-11)22-3/h4-9H,1-3H3. The van der Waals surface area contributed by atoms with Crippen molar-refractivity contribution < 1.29 is 9.47 Å². The fraction of sp³-hybridized carbons (Fsp3) is 0.176. The fourth-order valence-electron chi connectivity index (χ4n) is 2.40. The summed E-state index contributed by atoms with van der Waals surface area (Å²) >= 11 is 0. The van der Waals surface area contributed by atoms with E-state index in [9.17, 15) is 0 Å². The van der Waals surface area contributed by atoms with Crippen molar-refractivity contribution in [3.63, 3.8) is 0 Å². The van der Waals surface area contributed by atoms with E-state index in [1.165, 1.54) is 0 Å². The molecule has 0 aliphatic rings. The smallest absolute Gasteiger partial charge is 0.123 e. The minimum Gasteiger partial charge on any atom is -0.497 e. The van der Waals surface area contributed by atoms with Gasteiger partial charge in [-0.05, 0) is 24.6 Å². The summed E-state index contributed by atoms with van der Waals surface area (Å²) in [6.07, 6.45) is 1.72. The lowest BCUT2D eigenvalue weighted by molar-refractivity contribution is 0.394. The zero-order valence-corrected chi connectivity index (χ0v) is 12.8. The van der Waals surface area contributed by atoms with E-state index in [4.69, 9.17) is 17.3 Å². The Labute approximate surface area is 130 Å². The van der Waals surface area contributed by atoms with E-state index in [2.05, 4.69) is 9.97 Å². The number of benzene rings is 2. The molecular formula is C17H15BN2O2. The number of aromatic nitrogens is 2. The number of fused-ring (bicyclic) bond motifs is 1. The first-order valence-corrected chi connectivity index (χ1v) is 6.87. The Balaban J connectivity index is 2.30. The zero-order valence-electron chi connectivity index (χ0n) is 12.8. The molecule has 0 unspecified atom stereocenters. The molecule has 0 saturated carbocycles. The number of ether oxygens (including phenoxy) is 2. The van der Waals surface area contributed by atoms with E-state index in [1.54, 1.807) is 20.4 Å². The van der Waals surface area contributed by atoms with E-state index in [-0.39, 0.29) is 0 Å². The molecule has 2 radical (unpaired) electrons. The molecule has 0 N–H and O–H groups in total. The van der Waals surface area contributed by atoms with Gasteiger partial charge >= 0.3 is 0 Å². The molecule has 0 aliphatic carbocycles. The highest BCUT2D eigenvalue weighted by Crippen LogP contribution is 2.32. The predicted octanol–water partition coefficient (Wildman–Crippen LogP) is 2.42. The fourth-order valence-corrected chi connectivity index (χ4v) is 2.40. The van der Waals surface area contributed by atoms with E-state index in [1.807, 2.05) is 37.3 Å². The third kappa shape index (κ3) is 2.50. The summed E-state index contributed by atoms with van der Waals surface area (Å²) in [7, 11) is 9.27. The van der Waals surface area contributed by atoms with Crippen LogP contribution >= 0.6 is 0 Å². The lowest BCUT2D eigenvalue weighted by atomic mass is 9.91. The topological polar surface area (TPSA) is 44.2 Å². The maximum atomic E-state index is 6.01. The first kappa shape index (κ1) is 14.4. The van der Waals surface area contributed by atoms with Gasteiger partial charge in [0.1, 0.15) is 19.3 Å². The van der Waals surface area contributed by atoms with Crippen LogP contribution in [0.15, 0.2) is 36.5 Å². The Morgan fingerprint density at radius 1 is 0.955 bits per heavy atom. The molecule has 0 aliphatic heterocycles. The molecule has 0 spiro atoms. The average molecular weight is 290 g/mol. The molecule has 0 saturated heterocycles. The molecule has 108 valence electrons. The summed E-state index contributed by atoms with van der Waals surface area (Å²) in [5, 5.41) is 0. The third-order valence-corrected chi connectivity index (χ3v) is 3.51. The summed E-state index contributed by atoms with van der Waals surface area (Å²) in [5.41, 5.74) is 4.81. The molecule has 1 heterocycles. The zero-order chi connectivity index (χ0) is 15.7. The summed E-state index contributed by atoms with van der Waals surface area (Å²) in [4.78, 5) is 9.00. The van der Waals surface area contributed by atoms with Crippen molar-refractivity contribution in [3.05, 3.63) is 42.2 Å². The van der Waals surface area contributed by atoms with Crippen molar-refractivity contribution >= 4 is 24.3 Å². The van der Waals surface area contributed by atoms with Gasteiger partial charge in [0.2, 0.25) is 0 Å². The van der Waals surface area contributed by atoms with E-state index >= 15 is 0 Å². The van der Waals surface area contributed by atoms with Crippen LogP contribution in [0.5, 0.6) is 11.5 Å². The monoisotopic (exact) mass is 290 g/mol. The van der Waals surface area contributed by atoms with Gasteiger partial charge in [-0.3, -0.25) is 4.98 Å². The van der Waals surface area contributed by atoms with Gasteiger partial charge in [-0.25, -0.2) is 4.98 Å². The molecule has 0 atom stereocenters. The average Bonchev–Trinajstić information content (AvgIpc) is 2.54. The molecule has 0 amide bonds. The van der Waals surface area contributed by atoms with Crippen LogP contribution in [0.1, 0.15) is 5.69 Å². The van der Waals surface area contributed by atoms with Crippen molar-refractivity contribution in [1.29, 1.82) is 0 Å². The summed E-state index contributed by atoms with van der Waals surface area (Å²) < 4.78 is 10.7. The van der Waals surface area contributed by atoms with Gasteiger partial charge in [-0.15, -0.1) is 0 Å². The van der Waals surface area contributed by atoms with Crippen LogP contribution in [0, 0.1) is 6.92 Å². The Kier molecular flexibility index (Phi) is 3.71. The minimum atomic E-state index is 0.612. The summed E-state index contributed by atoms with van der Waals surface area (Å²) in [6.45, 7) is 1.91. The molecule has 22 heavy (non-hydrogen) atoms. The van der Waals surface area contributed by atoms with Crippen molar-refractivity contribution in [2.45, 2.75) is 6.92 Å². The van der Waals surface area contributed by atoms with Crippen molar-refractivity contribution in [2.75, 3.05) is 14.2 Å². The van der Waals surface area contributed by atoms with Crippen LogP contribution in [0.4, 0.5) is 0 Å². The van der Waals surface area contributed by atoms with E-state index < -0.39 is 0 Å². The van der Waals surface area contributed by atoms with Crippen LogP contribution in [0.3, 0.4) is 0 Å². The SMILES string of the molecule is [B]c1ccc(-c2cc(OC)cc(OC)c2)c2nc(C)cnc12. The normalized spacial score (nSPS) is 10.7. The van der Waals surface area contributed by atoms with Gasteiger partial charge in [-0.2, -0.15) is 0 Å². The predicted molar refractivity (Wildman–Crippen MR) is 88.2 cm³/mol. The molecule has 3 aromatic rings. The molecule has 0 fully saturated rings. The maximum Gasteiger partial charge on any atom is 0.123 e. The van der Waals surface area contributed by atoms with Crippen LogP contribution in [0.2, 0.25) is 0 Å². The van der Waals surface area contributed by atoms with Gasteiger partial charge in [0.05, 0.1) is 30.9 Å². The Bertz CT molecular complexity index is 827.